The number of methoxy groups -OCH3 is 1. The standard InChI is InChI=1S/C25H23Cl2F3N2O4S2/c1-36-11-10-31(38(34,35)18-4-2-3-16(13-18)25(28,29)30)15-23(33)32-9-7-22-20(8-12-37-22)24(32)19-6-5-17(26)14-21(19)27/h2-6,8,12-14,24H,7,9-11,15H2,1H3. The van der Waals surface area contributed by atoms with Gasteiger partial charge in [-0.05, 0) is 59.3 Å². The fraction of sp³-hybridized carbons (Fsp3) is 0.320. The lowest BCUT2D eigenvalue weighted by molar-refractivity contribution is -0.137. The minimum Gasteiger partial charge on any atom is -0.383 e. The van der Waals surface area contributed by atoms with E-state index in [2.05, 4.69) is 0 Å². The van der Waals surface area contributed by atoms with Gasteiger partial charge in [0.2, 0.25) is 15.9 Å². The molecule has 3 aromatic rings. The normalized spacial score (nSPS) is 16.1. The van der Waals surface area contributed by atoms with E-state index in [1.807, 2.05) is 11.4 Å². The molecule has 6 nitrogen and oxygen atoms in total. The predicted octanol–water partition coefficient (Wildman–Crippen LogP) is 5.89. The van der Waals surface area contributed by atoms with Crippen LogP contribution in [-0.4, -0.2) is 56.9 Å². The number of nitrogens with zero attached hydrogens (tertiary/aromatic N) is 2. The van der Waals surface area contributed by atoms with Crippen molar-refractivity contribution in [3.05, 3.63) is 85.5 Å². The molecule has 0 saturated heterocycles. The quantitative estimate of drug-likeness (QED) is 0.321. The lowest BCUT2D eigenvalue weighted by atomic mass is 9.93. The summed E-state index contributed by atoms with van der Waals surface area (Å²) in [4.78, 5) is 15.8. The van der Waals surface area contributed by atoms with Crippen LogP contribution in [0, 0.1) is 0 Å². The number of sulfonamides is 1. The Morgan fingerprint density at radius 2 is 1.92 bits per heavy atom. The molecule has 1 atom stereocenters. The van der Waals surface area contributed by atoms with Crippen LogP contribution in [0.1, 0.15) is 27.6 Å². The van der Waals surface area contributed by atoms with Crippen molar-refractivity contribution in [1.82, 2.24) is 9.21 Å². The maximum Gasteiger partial charge on any atom is 0.416 e. The molecule has 0 fully saturated rings. The van der Waals surface area contributed by atoms with E-state index in [0.29, 0.717) is 34.6 Å². The van der Waals surface area contributed by atoms with Crippen LogP contribution < -0.4 is 0 Å². The zero-order valence-electron chi connectivity index (χ0n) is 20.0. The lowest BCUT2D eigenvalue weighted by Crippen LogP contribution is -2.47. The van der Waals surface area contributed by atoms with Gasteiger partial charge in [-0.3, -0.25) is 4.79 Å². The Kier molecular flexibility index (Phi) is 8.75. The summed E-state index contributed by atoms with van der Waals surface area (Å²) >= 11 is 14.1. The van der Waals surface area contributed by atoms with Gasteiger partial charge in [0.15, 0.2) is 0 Å². The minimum absolute atomic E-state index is 0.0629. The molecule has 0 saturated carbocycles. The van der Waals surface area contributed by atoms with E-state index in [0.717, 1.165) is 32.9 Å². The van der Waals surface area contributed by atoms with E-state index in [1.54, 1.807) is 34.4 Å². The average Bonchev–Trinajstić information content (AvgIpc) is 3.35. The summed E-state index contributed by atoms with van der Waals surface area (Å²) in [5.74, 6) is -0.524. The van der Waals surface area contributed by atoms with Crippen LogP contribution in [0.25, 0.3) is 0 Å². The van der Waals surface area contributed by atoms with E-state index in [1.165, 1.54) is 7.11 Å². The van der Waals surface area contributed by atoms with Crippen molar-refractivity contribution in [3.63, 3.8) is 0 Å². The first kappa shape index (κ1) is 28.8. The number of halogens is 5. The van der Waals surface area contributed by atoms with Crippen LogP contribution in [0.15, 0.2) is 58.8 Å². The third kappa shape index (κ3) is 6.03. The Hall–Kier alpha value is -2.15. The van der Waals surface area contributed by atoms with Gasteiger partial charge >= 0.3 is 6.18 Å². The van der Waals surface area contributed by atoms with Crippen LogP contribution in [0.2, 0.25) is 10.0 Å². The van der Waals surface area contributed by atoms with Crippen LogP contribution in [0.3, 0.4) is 0 Å². The fourth-order valence-corrected chi connectivity index (χ4v) is 7.18. The molecule has 2 aromatic carbocycles. The molecule has 4 rings (SSSR count). The number of benzene rings is 2. The van der Waals surface area contributed by atoms with Crippen LogP contribution in [0.5, 0.6) is 0 Å². The van der Waals surface area contributed by atoms with E-state index >= 15 is 0 Å². The molecule has 0 aliphatic carbocycles. The Morgan fingerprint density at radius 1 is 1.16 bits per heavy atom. The van der Waals surface area contributed by atoms with Crippen molar-refractivity contribution >= 4 is 50.5 Å². The molecule has 38 heavy (non-hydrogen) atoms. The molecule has 1 amide bonds. The van der Waals surface area contributed by atoms with E-state index < -0.39 is 45.2 Å². The maximum absolute atomic E-state index is 13.7. The van der Waals surface area contributed by atoms with E-state index in [-0.39, 0.29) is 13.2 Å². The molecule has 13 heteroatoms. The van der Waals surface area contributed by atoms with Crippen LogP contribution in [0.4, 0.5) is 13.2 Å². The van der Waals surface area contributed by atoms with Crippen LogP contribution in [-0.2, 0) is 32.2 Å². The lowest BCUT2D eigenvalue weighted by Gasteiger charge is -2.37. The number of hydrogen-bond acceptors (Lipinski definition) is 5. The van der Waals surface area contributed by atoms with Gasteiger partial charge in [-0.1, -0.05) is 35.3 Å². The predicted molar refractivity (Wildman–Crippen MR) is 140 cm³/mol. The summed E-state index contributed by atoms with van der Waals surface area (Å²) in [7, 11) is -3.11. The van der Waals surface area contributed by atoms with Crippen molar-refractivity contribution in [2.75, 3.05) is 33.4 Å². The molecule has 2 heterocycles. The molecule has 204 valence electrons. The highest BCUT2D eigenvalue weighted by atomic mass is 35.5. The first-order valence-corrected chi connectivity index (χ1v) is 14.5. The molecular formula is C25H23Cl2F3N2O4S2. The monoisotopic (exact) mass is 606 g/mol. The molecule has 0 spiro atoms. The smallest absolute Gasteiger partial charge is 0.383 e. The van der Waals surface area contributed by atoms with Gasteiger partial charge in [-0.25, -0.2) is 8.42 Å². The Bertz CT molecular complexity index is 1430. The molecular weight excluding hydrogens is 584 g/mol. The number of fused-ring (bicyclic) bond motifs is 1. The number of alkyl halides is 3. The highest BCUT2D eigenvalue weighted by molar-refractivity contribution is 7.89. The van der Waals surface area contributed by atoms with E-state index in [9.17, 15) is 26.4 Å². The third-order valence-corrected chi connectivity index (χ3v) is 9.60. The molecule has 0 radical (unpaired) electrons. The Morgan fingerprint density at radius 3 is 2.61 bits per heavy atom. The number of thiophene rings is 1. The zero-order chi connectivity index (χ0) is 27.7. The number of carbonyl (C=O) groups is 1. The molecule has 1 aromatic heterocycles. The highest BCUT2D eigenvalue weighted by Gasteiger charge is 2.37. The zero-order valence-corrected chi connectivity index (χ0v) is 23.2. The molecule has 0 N–H and O–H groups in total. The van der Waals surface area contributed by atoms with Crippen LogP contribution >= 0.6 is 34.5 Å². The molecule has 1 aliphatic heterocycles. The molecule has 0 bridgehead atoms. The van der Waals surface area contributed by atoms with Crippen molar-refractivity contribution in [2.45, 2.75) is 23.5 Å². The SMILES string of the molecule is COCCN(CC(=O)N1CCc2sccc2C1c1ccc(Cl)cc1Cl)S(=O)(=O)c1cccc(C(F)(F)F)c1. The van der Waals surface area contributed by atoms with Gasteiger partial charge in [0.05, 0.1) is 29.7 Å². The Labute approximate surface area is 232 Å². The second kappa shape index (κ2) is 11.5. The first-order chi connectivity index (χ1) is 17.9. The molecule has 1 unspecified atom stereocenters. The topological polar surface area (TPSA) is 66.9 Å². The number of amides is 1. The summed E-state index contributed by atoms with van der Waals surface area (Å²) in [6, 6.07) is 9.73. The number of ether oxygens (including phenoxy) is 1. The van der Waals surface area contributed by atoms with Gasteiger partial charge in [-0.2, -0.15) is 17.5 Å². The maximum atomic E-state index is 13.7. The van der Waals surface area contributed by atoms with Gasteiger partial charge < -0.3 is 9.64 Å². The fourth-order valence-electron chi connectivity index (χ4n) is 4.34. The van der Waals surface area contributed by atoms with Crippen molar-refractivity contribution < 1.29 is 31.1 Å². The second-order valence-corrected chi connectivity index (χ2v) is 12.3. The minimum atomic E-state index is -4.73. The third-order valence-electron chi connectivity index (χ3n) is 6.20. The summed E-state index contributed by atoms with van der Waals surface area (Å²) in [6.07, 6.45) is -4.16. The van der Waals surface area contributed by atoms with Gasteiger partial charge in [0.1, 0.15) is 0 Å². The summed E-state index contributed by atoms with van der Waals surface area (Å²) in [5.41, 5.74) is 0.408. The second-order valence-electron chi connectivity index (χ2n) is 8.56. The van der Waals surface area contributed by atoms with Crippen molar-refractivity contribution in [3.8, 4) is 0 Å². The summed E-state index contributed by atoms with van der Waals surface area (Å²) < 4.78 is 72.5. The number of rotatable bonds is 8. The van der Waals surface area contributed by atoms with Gasteiger partial charge in [-0.15, -0.1) is 11.3 Å². The number of carbonyl (C=O) groups excluding carboxylic acids is 1. The highest BCUT2D eigenvalue weighted by Crippen LogP contribution is 2.41. The average molecular weight is 608 g/mol. The summed E-state index contributed by atoms with van der Waals surface area (Å²) in [5, 5.41) is 2.70. The van der Waals surface area contributed by atoms with Crippen molar-refractivity contribution in [1.29, 1.82) is 0 Å². The first-order valence-electron chi connectivity index (χ1n) is 11.4. The molecule has 1 aliphatic rings. The Balaban J connectivity index is 1.69. The number of hydrogen-bond donors (Lipinski definition) is 0. The van der Waals surface area contributed by atoms with Gasteiger partial charge in [0.25, 0.3) is 0 Å². The van der Waals surface area contributed by atoms with Gasteiger partial charge in [0, 0.05) is 35.1 Å². The largest absolute Gasteiger partial charge is 0.416 e. The van der Waals surface area contributed by atoms with Crippen molar-refractivity contribution in [2.24, 2.45) is 0 Å². The van der Waals surface area contributed by atoms with E-state index in [4.69, 9.17) is 27.9 Å². The summed E-state index contributed by atoms with van der Waals surface area (Å²) in [6.45, 7) is -0.585.